The Morgan fingerprint density at radius 2 is 1.83 bits per heavy atom. The fourth-order valence-electron chi connectivity index (χ4n) is 2.98. The molecule has 150 valence electrons. The summed E-state index contributed by atoms with van der Waals surface area (Å²) in [6.07, 6.45) is 4.00. The van der Waals surface area contributed by atoms with Crippen LogP contribution in [-0.2, 0) is 11.2 Å². The van der Waals surface area contributed by atoms with Crippen LogP contribution in [0.4, 0.5) is 0 Å². The molecule has 0 unspecified atom stereocenters. The lowest BCUT2D eigenvalue weighted by Crippen LogP contribution is -2.34. The molecule has 1 heterocycles. The van der Waals surface area contributed by atoms with Crippen LogP contribution < -0.4 is 0 Å². The predicted octanol–water partition coefficient (Wildman–Crippen LogP) is 4.79. The maximum absolute atomic E-state index is 12.7. The second-order valence-electron chi connectivity index (χ2n) is 7.55. The largest absolute Gasteiger partial charge is 0.339 e. The first-order valence-electron chi connectivity index (χ1n) is 9.93. The third kappa shape index (κ3) is 6.14. The topological polar surface area (TPSA) is 59.2 Å². The molecule has 2 aromatic carbocycles. The summed E-state index contributed by atoms with van der Waals surface area (Å²) in [5.74, 6) is 1.47. The molecular formula is C24H27N3O2. The van der Waals surface area contributed by atoms with E-state index in [9.17, 15) is 4.79 Å². The van der Waals surface area contributed by atoms with Crippen molar-refractivity contribution in [3.05, 3.63) is 77.7 Å². The zero-order valence-electron chi connectivity index (χ0n) is 17.2. The Hall–Kier alpha value is -3.21. The average molecular weight is 389 g/mol. The highest BCUT2D eigenvalue weighted by atomic mass is 16.5. The van der Waals surface area contributed by atoms with Gasteiger partial charge in [0.25, 0.3) is 0 Å². The molecule has 1 aromatic heterocycles. The van der Waals surface area contributed by atoms with Gasteiger partial charge < -0.3 is 9.42 Å². The number of amides is 1. The highest BCUT2D eigenvalue weighted by Crippen LogP contribution is 2.16. The van der Waals surface area contributed by atoms with Crippen LogP contribution in [0.3, 0.4) is 0 Å². The zero-order valence-corrected chi connectivity index (χ0v) is 17.2. The smallest absolute Gasteiger partial charge is 0.246 e. The summed E-state index contributed by atoms with van der Waals surface area (Å²) in [7, 11) is 0. The van der Waals surface area contributed by atoms with Gasteiger partial charge in [0.05, 0.1) is 0 Å². The molecule has 3 aromatic rings. The molecule has 3 rings (SSSR count). The van der Waals surface area contributed by atoms with Crippen LogP contribution in [0.15, 0.2) is 65.2 Å². The zero-order chi connectivity index (χ0) is 20.6. The third-order valence-electron chi connectivity index (χ3n) is 4.49. The first kappa shape index (κ1) is 20.5. The molecule has 0 saturated carbocycles. The molecule has 0 saturated heterocycles. The minimum atomic E-state index is -0.0131. The van der Waals surface area contributed by atoms with Crippen molar-refractivity contribution in [1.82, 2.24) is 15.0 Å². The third-order valence-corrected chi connectivity index (χ3v) is 4.49. The van der Waals surface area contributed by atoms with Gasteiger partial charge in [-0.3, -0.25) is 4.79 Å². The number of aromatic nitrogens is 2. The van der Waals surface area contributed by atoms with Gasteiger partial charge in [-0.05, 0) is 24.5 Å². The molecule has 1 amide bonds. The molecule has 29 heavy (non-hydrogen) atoms. The van der Waals surface area contributed by atoms with Gasteiger partial charge >= 0.3 is 0 Å². The van der Waals surface area contributed by atoms with E-state index < -0.39 is 0 Å². The highest BCUT2D eigenvalue weighted by Gasteiger charge is 2.15. The van der Waals surface area contributed by atoms with Crippen LogP contribution in [0.2, 0.25) is 0 Å². The average Bonchev–Trinajstić information content (AvgIpc) is 3.19. The number of aryl methyl sites for hydroxylation is 1. The fraction of sp³-hybridized carbons (Fsp3) is 0.292. The van der Waals surface area contributed by atoms with Crippen molar-refractivity contribution >= 4 is 12.0 Å². The summed E-state index contributed by atoms with van der Waals surface area (Å²) in [4.78, 5) is 19.0. The van der Waals surface area contributed by atoms with Crippen LogP contribution in [0, 0.1) is 12.8 Å². The summed E-state index contributed by atoms with van der Waals surface area (Å²) in [6.45, 7) is 7.45. The first-order chi connectivity index (χ1) is 14.0. The van der Waals surface area contributed by atoms with Crippen molar-refractivity contribution in [3.63, 3.8) is 0 Å². The Morgan fingerprint density at radius 1 is 1.10 bits per heavy atom. The Bertz CT molecular complexity index is 944. The SMILES string of the molecule is Cc1ccc(-c2noc(CCN(CC(C)C)C(=O)C=Cc3ccccc3)n2)cc1. The summed E-state index contributed by atoms with van der Waals surface area (Å²) < 4.78 is 5.40. The molecule has 5 nitrogen and oxygen atoms in total. The standard InChI is InChI=1S/C24H27N3O2/c1-18(2)17-27(23(28)14-11-20-7-5-4-6-8-20)16-15-22-25-24(26-29-22)21-12-9-19(3)10-13-21/h4-14,18H,15-17H2,1-3H3. The van der Waals surface area contributed by atoms with Crippen molar-refractivity contribution in [3.8, 4) is 11.4 Å². The van der Waals surface area contributed by atoms with E-state index in [1.165, 1.54) is 5.56 Å². The summed E-state index contributed by atoms with van der Waals surface area (Å²) in [6, 6.07) is 17.8. The molecule has 0 aliphatic heterocycles. The van der Waals surface area contributed by atoms with Crippen LogP contribution in [0.5, 0.6) is 0 Å². The maximum Gasteiger partial charge on any atom is 0.246 e. The van der Waals surface area contributed by atoms with Gasteiger partial charge in [-0.2, -0.15) is 4.98 Å². The monoisotopic (exact) mass is 389 g/mol. The molecule has 0 bridgehead atoms. The number of nitrogens with zero attached hydrogens (tertiary/aromatic N) is 3. The predicted molar refractivity (Wildman–Crippen MR) is 115 cm³/mol. The lowest BCUT2D eigenvalue weighted by Gasteiger charge is -2.22. The lowest BCUT2D eigenvalue weighted by atomic mass is 10.1. The van der Waals surface area contributed by atoms with Gasteiger partial charge in [0.15, 0.2) is 0 Å². The number of carbonyl (C=O) groups excluding carboxylic acids is 1. The van der Waals surface area contributed by atoms with E-state index in [-0.39, 0.29) is 5.91 Å². The second-order valence-corrected chi connectivity index (χ2v) is 7.55. The molecule has 0 aliphatic carbocycles. The van der Waals surface area contributed by atoms with Crippen molar-refractivity contribution in [2.45, 2.75) is 27.2 Å². The van der Waals surface area contributed by atoms with Crippen LogP contribution in [0.1, 0.15) is 30.9 Å². The van der Waals surface area contributed by atoms with Gasteiger partial charge in [-0.15, -0.1) is 0 Å². The number of carbonyl (C=O) groups is 1. The highest BCUT2D eigenvalue weighted by molar-refractivity contribution is 5.91. The number of hydrogen-bond donors (Lipinski definition) is 0. The molecule has 0 atom stereocenters. The number of hydrogen-bond acceptors (Lipinski definition) is 4. The van der Waals surface area contributed by atoms with E-state index in [1.807, 2.05) is 72.5 Å². The molecule has 0 spiro atoms. The van der Waals surface area contributed by atoms with E-state index in [4.69, 9.17) is 4.52 Å². The molecular weight excluding hydrogens is 362 g/mol. The van der Waals surface area contributed by atoms with Crippen molar-refractivity contribution in [2.24, 2.45) is 5.92 Å². The van der Waals surface area contributed by atoms with Gasteiger partial charge in [0.1, 0.15) is 0 Å². The van der Waals surface area contributed by atoms with E-state index >= 15 is 0 Å². The molecule has 0 fully saturated rings. The molecule has 0 aliphatic rings. The fourth-order valence-corrected chi connectivity index (χ4v) is 2.98. The van der Waals surface area contributed by atoms with Crippen LogP contribution >= 0.6 is 0 Å². The summed E-state index contributed by atoms with van der Waals surface area (Å²) in [5.41, 5.74) is 3.11. The second kappa shape index (κ2) is 9.82. The quantitative estimate of drug-likeness (QED) is 0.520. The van der Waals surface area contributed by atoms with Crippen molar-refractivity contribution in [1.29, 1.82) is 0 Å². The van der Waals surface area contributed by atoms with Gasteiger partial charge in [0.2, 0.25) is 17.6 Å². The van der Waals surface area contributed by atoms with Crippen molar-refractivity contribution in [2.75, 3.05) is 13.1 Å². The Balaban J connectivity index is 1.64. The van der Waals surface area contributed by atoms with E-state index in [1.54, 1.807) is 6.08 Å². The van der Waals surface area contributed by atoms with Crippen LogP contribution in [0.25, 0.3) is 17.5 Å². The Labute approximate surface area is 172 Å². The Kier molecular flexibility index (Phi) is 6.95. The minimum Gasteiger partial charge on any atom is -0.339 e. The molecule has 5 heteroatoms. The normalized spacial score (nSPS) is 11.3. The van der Waals surface area contributed by atoms with Gasteiger partial charge in [0, 0.05) is 31.1 Å². The first-order valence-corrected chi connectivity index (χ1v) is 9.93. The summed E-state index contributed by atoms with van der Waals surface area (Å²) >= 11 is 0. The summed E-state index contributed by atoms with van der Waals surface area (Å²) in [5, 5.41) is 4.07. The van der Waals surface area contributed by atoms with Gasteiger partial charge in [-0.1, -0.05) is 79.2 Å². The Morgan fingerprint density at radius 3 is 2.52 bits per heavy atom. The van der Waals surface area contributed by atoms with E-state index in [0.717, 1.165) is 11.1 Å². The van der Waals surface area contributed by atoms with Crippen LogP contribution in [-0.4, -0.2) is 34.0 Å². The number of rotatable bonds is 8. The minimum absolute atomic E-state index is 0.0131. The molecule has 0 radical (unpaired) electrons. The van der Waals surface area contributed by atoms with E-state index in [0.29, 0.717) is 37.1 Å². The molecule has 0 N–H and O–H groups in total. The van der Waals surface area contributed by atoms with Crippen molar-refractivity contribution < 1.29 is 9.32 Å². The number of benzene rings is 2. The maximum atomic E-state index is 12.7. The van der Waals surface area contributed by atoms with E-state index in [2.05, 4.69) is 24.0 Å². The van der Waals surface area contributed by atoms with Gasteiger partial charge in [-0.25, -0.2) is 0 Å². The lowest BCUT2D eigenvalue weighted by molar-refractivity contribution is -0.126.